The lowest BCUT2D eigenvalue weighted by molar-refractivity contribution is 0.545. The molecule has 1 aliphatic carbocycles. The van der Waals surface area contributed by atoms with Crippen molar-refractivity contribution in [3.63, 3.8) is 0 Å². The second-order valence-electron chi connectivity index (χ2n) is 5.02. The van der Waals surface area contributed by atoms with E-state index in [1.54, 1.807) is 12.1 Å². The smallest absolute Gasteiger partial charge is 0.129 e. The zero-order chi connectivity index (χ0) is 13.7. The van der Waals surface area contributed by atoms with E-state index < -0.39 is 0 Å². The molecule has 1 aromatic rings. The highest BCUT2D eigenvalue weighted by Gasteiger charge is 2.20. The Kier molecular flexibility index (Phi) is 5.99. The highest BCUT2D eigenvalue weighted by Crippen LogP contribution is 2.32. The summed E-state index contributed by atoms with van der Waals surface area (Å²) in [5, 5.41) is 4.60. The van der Waals surface area contributed by atoms with Crippen LogP contribution in [0, 0.1) is 5.82 Å². The average Bonchev–Trinajstić information content (AvgIpc) is 2.88. The van der Waals surface area contributed by atoms with Gasteiger partial charge in [0.25, 0.3) is 0 Å². The standard InChI is InChI=1S/C15H21ClFNS/c1-2-18-15(10-19-12-5-3-4-6-12)13-8-7-11(16)9-14(13)17/h7-9,12,15,18H,2-6,10H2,1H3. The fourth-order valence-corrected chi connectivity index (χ4v) is 4.16. The Hall–Kier alpha value is -0.250. The first-order valence-electron chi connectivity index (χ1n) is 7.00. The molecule has 1 N–H and O–H groups in total. The van der Waals surface area contributed by atoms with Crippen LogP contribution in [-0.4, -0.2) is 17.5 Å². The van der Waals surface area contributed by atoms with Crippen LogP contribution in [0.4, 0.5) is 4.39 Å². The van der Waals surface area contributed by atoms with Crippen molar-refractivity contribution in [2.24, 2.45) is 0 Å². The minimum Gasteiger partial charge on any atom is -0.309 e. The van der Waals surface area contributed by atoms with E-state index in [1.807, 2.05) is 11.8 Å². The number of hydrogen-bond donors (Lipinski definition) is 1. The van der Waals surface area contributed by atoms with Crippen molar-refractivity contribution in [2.45, 2.75) is 43.9 Å². The van der Waals surface area contributed by atoms with Gasteiger partial charge < -0.3 is 5.32 Å². The summed E-state index contributed by atoms with van der Waals surface area (Å²) in [6.07, 6.45) is 5.32. The zero-order valence-electron chi connectivity index (χ0n) is 11.3. The van der Waals surface area contributed by atoms with Gasteiger partial charge in [-0.2, -0.15) is 11.8 Å². The molecule has 19 heavy (non-hydrogen) atoms. The molecule has 1 unspecified atom stereocenters. The van der Waals surface area contributed by atoms with Crippen molar-refractivity contribution in [3.05, 3.63) is 34.6 Å². The maximum absolute atomic E-state index is 14.0. The summed E-state index contributed by atoms with van der Waals surface area (Å²) < 4.78 is 14.0. The van der Waals surface area contributed by atoms with Gasteiger partial charge in [-0.25, -0.2) is 4.39 Å². The molecule has 0 aromatic heterocycles. The Morgan fingerprint density at radius 1 is 1.42 bits per heavy atom. The summed E-state index contributed by atoms with van der Waals surface area (Å²) in [6, 6.07) is 5.06. The van der Waals surface area contributed by atoms with Gasteiger partial charge in [-0.1, -0.05) is 37.4 Å². The SMILES string of the molecule is CCNC(CSC1CCCC1)c1ccc(Cl)cc1F. The number of benzene rings is 1. The topological polar surface area (TPSA) is 12.0 Å². The van der Waals surface area contributed by atoms with Crippen LogP contribution in [-0.2, 0) is 0 Å². The van der Waals surface area contributed by atoms with Crippen LogP contribution in [0.3, 0.4) is 0 Å². The Labute approximate surface area is 124 Å². The minimum atomic E-state index is -0.203. The minimum absolute atomic E-state index is 0.0767. The molecule has 0 saturated heterocycles. The van der Waals surface area contributed by atoms with Crippen molar-refractivity contribution in [3.8, 4) is 0 Å². The summed E-state index contributed by atoms with van der Waals surface area (Å²) in [5.41, 5.74) is 0.733. The van der Waals surface area contributed by atoms with Gasteiger partial charge in [-0.3, -0.25) is 0 Å². The highest BCUT2D eigenvalue weighted by molar-refractivity contribution is 7.99. The van der Waals surface area contributed by atoms with Crippen molar-refractivity contribution in [1.29, 1.82) is 0 Å². The maximum atomic E-state index is 14.0. The molecule has 1 saturated carbocycles. The van der Waals surface area contributed by atoms with Crippen LogP contribution >= 0.6 is 23.4 Å². The monoisotopic (exact) mass is 301 g/mol. The number of thioether (sulfide) groups is 1. The Bertz CT molecular complexity index is 407. The van der Waals surface area contributed by atoms with Gasteiger partial charge in [0.2, 0.25) is 0 Å². The van der Waals surface area contributed by atoms with Crippen molar-refractivity contribution >= 4 is 23.4 Å². The van der Waals surface area contributed by atoms with Crippen molar-refractivity contribution < 1.29 is 4.39 Å². The molecule has 4 heteroatoms. The second kappa shape index (κ2) is 7.51. The molecular weight excluding hydrogens is 281 g/mol. The number of hydrogen-bond acceptors (Lipinski definition) is 2. The van der Waals surface area contributed by atoms with E-state index in [4.69, 9.17) is 11.6 Å². The van der Waals surface area contributed by atoms with E-state index in [0.717, 1.165) is 23.1 Å². The second-order valence-corrected chi connectivity index (χ2v) is 6.79. The van der Waals surface area contributed by atoms with Crippen LogP contribution in [0.25, 0.3) is 0 Å². The zero-order valence-corrected chi connectivity index (χ0v) is 12.9. The van der Waals surface area contributed by atoms with Gasteiger partial charge in [0.15, 0.2) is 0 Å². The van der Waals surface area contributed by atoms with Crippen LogP contribution in [0.15, 0.2) is 18.2 Å². The van der Waals surface area contributed by atoms with E-state index in [2.05, 4.69) is 12.2 Å². The summed E-state index contributed by atoms with van der Waals surface area (Å²) in [4.78, 5) is 0. The van der Waals surface area contributed by atoms with Crippen LogP contribution in [0.1, 0.15) is 44.2 Å². The largest absolute Gasteiger partial charge is 0.309 e. The van der Waals surface area contributed by atoms with Crippen LogP contribution < -0.4 is 5.32 Å². The highest BCUT2D eigenvalue weighted by atomic mass is 35.5. The van der Waals surface area contributed by atoms with Gasteiger partial charge in [-0.15, -0.1) is 0 Å². The summed E-state index contributed by atoms with van der Waals surface area (Å²) >= 11 is 7.79. The first kappa shape index (κ1) is 15.1. The van der Waals surface area contributed by atoms with E-state index in [1.165, 1.54) is 31.7 Å². The maximum Gasteiger partial charge on any atom is 0.129 e. The lowest BCUT2D eigenvalue weighted by Crippen LogP contribution is -2.24. The molecule has 106 valence electrons. The Morgan fingerprint density at radius 3 is 2.79 bits per heavy atom. The molecule has 0 radical (unpaired) electrons. The number of nitrogens with one attached hydrogen (secondary N) is 1. The van der Waals surface area contributed by atoms with Crippen molar-refractivity contribution in [1.82, 2.24) is 5.32 Å². The summed E-state index contributed by atoms with van der Waals surface area (Å²) in [6.45, 7) is 2.90. The fourth-order valence-electron chi connectivity index (χ4n) is 2.58. The third-order valence-corrected chi connectivity index (χ3v) is 5.29. The van der Waals surface area contributed by atoms with Crippen LogP contribution in [0.5, 0.6) is 0 Å². The normalized spacial score (nSPS) is 17.8. The fraction of sp³-hybridized carbons (Fsp3) is 0.600. The van der Waals surface area contributed by atoms with Crippen LogP contribution in [0.2, 0.25) is 5.02 Å². The third kappa shape index (κ3) is 4.37. The number of halogens is 2. The van der Waals surface area contributed by atoms with E-state index >= 15 is 0 Å². The molecule has 0 spiro atoms. The van der Waals surface area contributed by atoms with Gasteiger partial charge >= 0.3 is 0 Å². The van der Waals surface area contributed by atoms with Gasteiger partial charge in [0, 0.05) is 27.6 Å². The Balaban J connectivity index is 2.01. The first-order chi connectivity index (χ1) is 9.20. The van der Waals surface area contributed by atoms with E-state index in [-0.39, 0.29) is 11.9 Å². The predicted octanol–water partition coefficient (Wildman–Crippen LogP) is 4.81. The molecule has 0 aliphatic heterocycles. The third-order valence-electron chi connectivity index (χ3n) is 3.59. The van der Waals surface area contributed by atoms with Gasteiger partial charge in [-0.05, 0) is 31.5 Å². The Morgan fingerprint density at radius 2 is 2.16 bits per heavy atom. The lowest BCUT2D eigenvalue weighted by Gasteiger charge is -2.20. The molecule has 2 rings (SSSR count). The van der Waals surface area contributed by atoms with E-state index in [9.17, 15) is 4.39 Å². The van der Waals surface area contributed by atoms with E-state index in [0.29, 0.717) is 5.02 Å². The van der Waals surface area contributed by atoms with Gasteiger partial charge in [0.1, 0.15) is 5.82 Å². The first-order valence-corrected chi connectivity index (χ1v) is 8.43. The molecule has 0 amide bonds. The molecule has 1 aromatic carbocycles. The molecule has 0 heterocycles. The molecule has 0 bridgehead atoms. The summed E-state index contributed by atoms with van der Waals surface area (Å²) in [5.74, 6) is 0.724. The number of rotatable bonds is 6. The predicted molar refractivity (Wildman–Crippen MR) is 82.5 cm³/mol. The lowest BCUT2D eigenvalue weighted by atomic mass is 10.1. The molecule has 1 atom stereocenters. The molecular formula is C15H21ClFNS. The molecule has 1 nitrogen and oxygen atoms in total. The van der Waals surface area contributed by atoms with Gasteiger partial charge in [0.05, 0.1) is 0 Å². The quantitative estimate of drug-likeness (QED) is 0.809. The molecule has 1 aliphatic rings. The molecule has 1 fully saturated rings. The van der Waals surface area contributed by atoms with Crippen molar-refractivity contribution in [2.75, 3.05) is 12.3 Å². The summed E-state index contributed by atoms with van der Waals surface area (Å²) in [7, 11) is 0. The average molecular weight is 302 g/mol.